The largest absolute Gasteiger partial charge is 0.486 e. The van der Waals surface area contributed by atoms with Gasteiger partial charge in [0.2, 0.25) is 5.82 Å². The van der Waals surface area contributed by atoms with Crippen LogP contribution in [0.15, 0.2) is 29.8 Å². The summed E-state index contributed by atoms with van der Waals surface area (Å²) in [5, 5.41) is 0. The van der Waals surface area contributed by atoms with E-state index in [-0.39, 0.29) is 5.75 Å². The number of hydrogen-bond acceptors (Lipinski definition) is 2. The number of allylic oxidation sites excluding steroid dienone is 1. The predicted octanol–water partition coefficient (Wildman–Crippen LogP) is 6.08. The van der Waals surface area contributed by atoms with Crippen molar-refractivity contribution in [2.75, 3.05) is 6.61 Å². The zero-order valence-corrected chi connectivity index (χ0v) is 16.1. The Labute approximate surface area is 157 Å². The van der Waals surface area contributed by atoms with Crippen molar-refractivity contribution in [1.29, 1.82) is 0 Å². The molecule has 1 aromatic carbocycles. The highest BCUT2D eigenvalue weighted by Crippen LogP contribution is 2.40. The molecular weight excluding hydrogens is 441 g/mol. The molecule has 1 nitrogen and oxygen atoms in total. The van der Waals surface area contributed by atoms with Crippen LogP contribution in [0.5, 0.6) is 5.75 Å². The van der Waals surface area contributed by atoms with Crippen LogP contribution in [0.25, 0.3) is 10.4 Å². The lowest BCUT2D eigenvalue weighted by Gasteiger charge is -2.10. The molecule has 126 valence electrons. The van der Waals surface area contributed by atoms with Crippen LogP contribution in [0, 0.1) is 11.6 Å². The Bertz CT molecular complexity index is 788. The molecule has 2 aliphatic rings. The first-order chi connectivity index (χ1) is 11.6. The molecule has 0 aliphatic heterocycles. The van der Waals surface area contributed by atoms with Crippen LogP contribution >= 0.6 is 33.9 Å². The molecule has 2 aliphatic carbocycles. The molecule has 0 amide bonds. The van der Waals surface area contributed by atoms with Gasteiger partial charge in [-0.1, -0.05) is 28.7 Å². The van der Waals surface area contributed by atoms with Gasteiger partial charge in [0.25, 0.3) is 0 Å². The van der Waals surface area contributed by atoms with Gasteiger partial charge in [0, 0.05) is 19.2 Å². The number of thiophene rings is 1. The Balaban J connectivity index is 1.57. The van der Waals surface area contributed by atoms with E-state index in [1.807, 2.05) is 6.07 Å². The van der Waals surface area contributed by atoms with Crippen LogP contribution in [0.1, 0.15) is 29.7 Å². The van der Waals surface area contributed by atoms with Gasteiger partial charge in [-0.2, -0.15) is 4.39 Å². The second-order valence-electron chi connectivity index (χ2n) is 6.35. The first-order valence-electron chi connectivity index (χ1n) is 8.16. The van der Waals surface area contributed by atoms with Gasteiger partial charge in [0.05, 0.1) is 0 Å². The normalized spacial score (nSPS) is 19.5. The van der Waals surface area contributed by atoms with Crippen LogP contribution in [-0.2, 0) is 12.8 Å². The fraction of sp³-hybridized carbons (Fsp3) is 0.368. The van der Waals surface area contributed by atoms with E-state index in [9.17, 15) is 8.78 Å². The van der Waals surface area contributed by atoms with E-state index in [0.29, 0.717) is 16.1 Å². The summed E-state index contributed by atoms with van der Waals surface area (Å²) in [5.41, 5.74) is 2.79. The third-order valence-electron chi connectivity index (χ3n) is 4.61. The molecule has 0 saturated heterocycles. The van der Waals surface area contributed by atoms with Crippen molar-refractivity contribution >= 4 is 33.9 Å². The van der Waals surface area contributed by atoms with E-state index < -0.39 is 11.6 Å². The minimum absolute atomic E-state index is 0.000438. The van der Waals surface area contributed by atoms with Crippen molar-refractivity contribution < 1.29 is 13.5 Å². The van der Waals surface area contributed by atoms with Gasteiger partial charge < -0.3 is 4.74 Å². The fourth-order valence-corrected chi connectivity index (χ4v) is 5.83. The van der Waals surface area contributed by atoms with Gasteiger partial charge in [-0.3, -0.25) is 0 Å². The van der Waals surface area contributed by atoms with Gasteiger partial charge in [0.15, 0.2) is 11.6 Å². The minimum Gasteiger partial charge on any atom is -0.486 e. The number of rotatable bonds is 4. The second-order valence-corrected chi connectivity index (χ2v) is 9.25. The monoisotopic (exact) mass is 458 g/mol. The lowest BCUT2D eigenvalue weighted by Crippen LogP contribution is -2.03. The van der Waals surface area contributed by atoms with Crippen LogP contribution in [0.4, 0.5) is 8.78 Å². The Morgan fingerprint density at radius 3 is 2.83 bits per heavy atom. The molecule has 0 fully saturated rings. The Morgan fingerprint density at radius 1 is 1.21 bits per heavy atom. The first kappa shape index (κ1) is 16.5. The molecule has 1 aromatic heterocycles. The van der Waals surface area contributed by atoms with Gasteiger partial charge >= 0.3 is 0 Å². The van der Waals surface area contributed by atoms with Crippen molar-refractivity contribution in [3.05, 3.63) is 51.9 Å². The number of halogens is 3. The highest BCUT2D eigenvalue weighted by Gasteiger charge is 2.24. The average Bonchev–Trinajstić information content (AvgIpc) is 3.25. The first-order valence-corrected chi connectivity index (χ1v) is 10.2. The SMILES string of the molecule is Fc1c(OCC2=CCCC2)ccc(-c2cc3c(s2)CC(I)C3)c1F. The minimum atomic E-state index is -0.883. The van der Waals surface area contributed by atoms with Crippen LogP contribution in [-0.4, -0.2) is 10.5 Å². The van der Waals surface area contributed by atoms with Crippen molar-refractivity contribution in [2.45, 2.75) is 36.0 Å². The summed E-state index contributed by atoms with van der Waals surface area (Å²) in [7, 11) is 0. The number of benzene rings is 1. The van der Waals surface area contributed by atoms with Crippen LogP contribution < -0.4 is 4.74 Å². The molecule has 24 heavy (non-hydrogen) atoms. The molecular formula is C19H17F2IOS. The van der Waals surface area contributed by atoms with Crippen LogP contribution in [0.2, 0.25) is 0 Å². The maximum absolute atomic E-state index is 14.5. The molecule has 1 unspecified atom stereocenters. The molecule has 0 radical (unpaired) electrons. The van der Waals surface area contributed by atoms with E-state index >= 15 is 0 Å². The number of hydrogen-bond donors (Lipinski definition) is 0. The Morgan fingerprint density at radius 2 is 2.08 bits per heavy atom. The molecule has 0 bridgehead atoms. The maximum atomic E-state index is 14.5. The summed E-state index contributed by atoms with van der Waals surface area (Å²) in [6.45, 7) is 0.347. The summed E-state index contributed by atoms with van der Waals surface area (Å²) < 4.78 is 35.0. The number of ether oxygens (including phenoxy) is 1. The standard InChI is InChI=1S/C19H17F2IOS/c20-18-14(17-8-12-7-13(22)9-16(12)24-17)5-6-15(19(18)21)23-10-11-3-1-2-4-11/h3,5-6,8,13H,1-2,4,7,9-10H2. The average molecular weight is 458 g/mol. The molecule has 2 aromatic rings. The van der Waals surface area contributed by atoms with E-state index in [4.69, 9.17) is 4.74 Å². The number of alkyl halides is 1. The lowest BCUT2D eigenvalue weighted by atomic mass is 10.1. The van der Waals surface area contributed by atoms with Gasteiger partial charge in [-0.05, 0) is 61.4 Å². The number of fused-ring (bicyclic) bond motifs is 1. The molecule has 0 N–H and O–H groups in total. The fourth-order valence-electron chi connectivity index (χ4n) is 3.33. The molecule has 1 heterocycles. The van der Waals surface area contributed by atoms with E-state index in [1.54, 1.807) is 23.5 Å². The summed E-state index contributed by atoms with van der Waals surface area (Å²) in [4.78, 5) is 2.11. The molecule has 1 atom stereocenters. The molecule has 5 heteroatoms. The van der Waals surface area contributed by atoms with Crippen molar-refractivity contribution in [3.8, 4) is 16.2 Å². The Kier molecular flexibility index (Phi) is 4.64. The quantitative estimate of drug-likeness (QED) is 0.306. The highest BCUT2D eigenvalue weighted by molar-refractivity contribution is 14.1. The summed E-state index contributed by atoms with van der Waals surface area (Å²) in [5.74, 6) is -1.69. The van der Waals surface area contributed by atoms with E-state index in [2.05, 4.69) is 28.7 Å². The van der Waals surface area contributed by atoms with Gasteiger partial charge in [-0.15, -0.1) is 11.3 Å². The third-order valence-corrected chi connectivity index (χ3v) is 6.72. The van der Waals surface area contributed by atoms with Crippen molar-refractivity contribution in [3.63, 3.8) is 0 Å². The van der Waals surface area contributed by atoms with E-state index in [0.717, 1.165) is 37.0 Å². The zero-order valence-electron chi connectivity index (χ0n) is 13.1. The summed E-state index contributed by atoms with van der Waals surface area (Å²) in [6.07, 6.45) is 7.33. The van der Waals surface area contributed by atoms with Crippen molar-refractivity contribution in [1.82, 2.24) is 0 Å². The maximum Gasteiger partial charge on any atom is 0.201 e. The van der Waals surface area contributed by atoms with Gasteiger partial charge in [0.1, 0.15) is 6.61 Å². The zero-order chi connectivity index (χ0) is 16.7. The van der Waals surface area contributed by atoms with Crippen LogP contribution in [0.3, 0.4) is 0 Å². The second kappa shape index (κ2) is 6.75. The smallest absolute Gasteiger partial charge is 0.201 e. The third kappa shape index (κ3) is 3.12. The summed E-state index contributed by atoms with van der Waals surface area (Å²) >= 11 is 4.02. The topological polar surface area (TPSA) is 9.23 Å². The van der Waals surface area contributed by atoms with Gasteiger partial charge in [-0.25, -0.2) is 4.39 Å². The lowest BCUT2D eigenvalue weighted by molar-refractivity contribution is 0.322. The van der Waals surface area contributed by atoms with E-state index in [1.165, 1.54) is 16.0 Å². The van der Waals surface area contributed by atoms with Crippen molar-refractivity contribution in [2.24, 2.45) is 0 Å². The molecule has 4 rings (SSSR count). The highest BCUT2D eigenvalue weighted by atomic mass is 127. The molecule has 0 saturated carbocycles. The predicted molar refractivity (Wildman–Crippen MR) is 102 cm³/mol. The summed E-state index contributed by atoms with van der Waals surface area (Å²) in [6, 6.07) is 5.20. The molecule has 0 spiro atoms. The Hall–Kier alpha value is -0.950.